The fourth-order valence-electron chi connectivity index (χ4n) is 2.56. The van der Waals surface area contributed by atoms with Crippen molar-refractivity contribution in [3.05, 3.63) is 0 Å². The van der Waals surface area contributed by atoms with Crippen LogP contribution in [-0.4, -0.2) is 91.0 Å². The number of carboxylic acids is 1. The smallest absolute Gasteiger partial charge is 0.870 e. The zero-order valence-electron chi connectivity index (χ0n) is 15.0. The number of esters is 1. The maximum Gasteiger partial charge on any atom is 1.00 e. The second-order valence-electron chi connectivity index (χ2n) is 5.87. The first-order chi connectivity index (χ1) is 10.9. The van der Waals surface area contributed by atoms with Crippen molar-refractivity contribution in [1.82, 2.24) is 9.80 Å². The Morgan fingerprint density at radius 1 is 0.960 bits per heavy atom. The standard InChI is InChI=1S/C8H14FNO2.C7H12FNO2.Li.H2O/c1-12-8(11)6-10-4-2-7(9)3-5-10;8-6-1-3-9(4-2-6)5-7(10)11;;/h7H,2-6H2,1H3;6H,1-5H2,(H,10,11);;1H2/q;;+1;/p-1. The fourth-order valence-corrected chi connectivity index (χ4v) is 2.56. The zero-order chi connectivity index (χ0) is 17.2. The van der Waals surface area contributed by atoms with Crippen molar-refractivity contribution in [3.63, 3.8) is 0 Å². The number of rotatable bonds is 4. The Hall–Kier alpha value is -0.723. The molecule has 142 valence electrons. The molecule has 10 heteroatoms. The molecule has 0 aliphatic carbocycles. The predicted octanol–water partition coefficient (Wildman–Crippen LogP) is -2.07. The number of hydrogen-bond donors (Lipinski definition) is 1. The summed E-state index contributed by atoms with van der Waals surface area (Å²) in [4.78, 5) is 24.7. The molecule has 2 saturated heterocycles. The maximum absolute atomic E-state index is 12.6. The van der Waals surface area contributed by atoms with E-state index in [0.29, 0.717) is 58.4 Å². The zero-order valence-corrected chi connectivity index (χ0v) is 15.0. The minimum atomic E-state index is -0.831. The number of carbonyl (C=O) groups excluding carboxylic acids is 1. The summed E-state index contributed by atoms with van der Waals surface area (Å²) in [5.41, 5.74) is 0. The molecule has 2 heterocycles. The third-order valence-electron chi connectivity index (χ3n) is 3.97. The van der Waals surface area contributed by atoms with Gasteiger partial charge in [0.15, 0.2) is 0 Å². The van der Waals surface area contributed by atoms with Crippen molar-refractivity contribution >= 4 is 11.9 Å². The minimum absolute atomic E-state index is 0. The Morgan fingerprint density at radius 2 is 1.32 bits per heavy atom. The van der Waals surface area contributed by atoms with Crippen molar-refractivity contribution in [3.8, 4) is 0 Å². The normalized spacial score (nSPS) is 19.6. The second-order valence-corrected chi connectivity index (χ2v) is 5.87. The first-order valence-corrected chi connectivity index (χ1v) is 7.92. The van der Waals surface area contributed by atoms with Crippen LogP contribution in [0.3, 0.4) is 0 Å². The molecule has 0 aromatic heterocycles. The van der Waals surface area contributed by atoms with Crippen LogP contribution in [-0.2, 0) is 14.3 Å². The van der Waals surface area contributed by atoms with Crippen LogP contribution >= 0.6 is 0 Å². The molecule has 7 nitrogen and oxygen atoms in total. The van der Waals surface area contributed by atoms with Gasteiger partial charge in [0.2, 0.25) is 0 Å². The summed E-state index contributed by atoms with van der Waals surface area (Å²) in [6.07, 6.45) is 0.633. The van der Waals surface area contributed by atoms with E-state index in [4.69, 9.17) is 5.11 Å². The Bertz CT molecular complexity index is 377. The summed E-state index contributed by atoms with van der Waals surface area (Å²) in [5.74, 6) is -1.07. The molecule has 2 fully saturated rings. The van der Waals surface area contributed by atoms with Crippen molar-refractivity contribution in [1.29, 1.82) is 0 Å². The molecule has 2 aliphatic rings. The van der Waals surface area contributed by atoms with Crippen LogP contribution in [0.1, 0.15) is 25.7 Å². The Labute approximate surface area is 159 Å². The van der Waals surface area contributed by atoms with E-state index in [1.807, 2.05) is 4.90 Å². The van der Waals surface area contributed by atoms with Gasteiger partial charge in [-0.1, -0.05) is 0 Å². The van der Waals surface area contributed by atoms with Crippen molar-refractivity contribution in [2.45, 2.75) is 38.0 Å². The summed E-state index contributed by atoms with van der Waals surface area (Å²) in [5, 5.41) is 8.40. The van der Waals surface area contributed by atoms with E-state index in [9.17, 15) is 18.4 Å². The SMILES string of the molecule is COC(=O)CN1CCC(F)CC1.O=C(O)CN1CCC(F)CC1.[Li+].[OH-]. The van der Waals surface area contributed by atoms with Crippen molar-refractivity contribution in [2.24, 2.45) is 0 Å². The van der Waals surface area contributed by atoms with Crippen LogP contribution in [0.4, 0.5) is 8.78 Å². The van der Waals surface area contributed by atoms with Gasteiger partial charge in [-0.3, -0.25) is 19.4 Å². The van der Waals surface area contributed by atoms with Crippen molar-refractivity contribution < 1.29 is 52.6 Å². The number of halogens is 2. The molecule has 2 N–H and O–H groups in total. The Kier molecular flexibility index (Phi) is 15.3. The quantitative estimate of drug-likeness (QED) is 0.454. The molecule has 0 unspecified atom stereocenters. The van der Waals surface area contributed by atoms with Gasteiger partial charge in [-0.05, 0) is 25.7 Å². The molecule has 0 aromatic rings. The summed E-state index contributed by atoms with van der Waals surface area (Å²) in [6.45, 7) is 2.82. The van der Waals surface area contributed by atoms with E-state index >= 15 is 0 Å². The maximum atomic E-state index is 12.6. The van der Waals surface area contributed by atoms with Gasteiger partial charge in [-0.2, -0.15) is 0 Å². The van der Waals surface area contributed by atoms with Gasteiger partial charge in [0.1, 0.15) is 12.3 Å². The third kappa shape index (κ3) is 12.3. The van der Waals surface area contributed by atoms with Gasteiger partial charge in [-0.25, -0.2) is 8.78 Å². The van der Waals surface area contributed by atoms with E-state index < -0.39 is 18.3 Å². The molecule has 0 spiro atoms. The summed E-state index contributed by atoms with van der Waals surface area (Å²) >= 11 is 0. The molecule has 25 heavy (non-hydrogen) atoms. The second kappa shape index (κ2) is 14.4. The number of carboxylic acid groups (broad SMARTS) is 1. The van der Waals surface area contributed by atoms with Crippen LogP contribution in [0.15, 0.2) is 0 Å². The number of carbonyl (C=O) groups is 2. The number of alkyl halides is 2. The van der Waals surface area contributed by atoms with Gasteiger partial charge < -0.3 is 15.3 Å². The molecule has 0 amide bonds. The van der Waals surface area contributed by atoms with Crippen molar-refractivity contribution in [2.75, 3.05) is 46.4 Å². The van der Waals surface area contributed by atoms with Gasteiger partial charge >= 0.3 is 30.8 Å². The number of piperidine rings is 2. The van der Waals surface area contributed by atoms with Gasteiger partial charge in [0.25, 0.3) is 0 Å². The first kappa shape index (κ1) is 26.5. The number of aliphatic carboxylic acids is 1. The average molecular weight is 360 g/mol. The number of ether oxygens (including phenoxy) is 1. The molecule has 2 rings (SSSR count). The summed E-state index contributed by atoms with van der Waals surface area (Å²) < 4.78 is 29.7. The summed E-state index contributed by atoms with van der Waals surface area (Å²) in [7, 11) is 1.37. The molecule has 0 radical (unpaired) electrons. The van der Waals surface area contributed by atoms with Crippen LogP contribution in [0.5, 0.6) is 0 Å². The van der Waals surface area contributed by atoms with E-state index in [0.717, 1.165) is 0 Å². The number of nitrogens with zero attached hydrogens (tertiary/aromatic N) is 2. The number of likely N-dealkylation sites (tertiary alicyclic amines) is 2. The van der Waals surface area contributed by atoms with Gasteiger partial charge in [0.05, 0.1) is 20.2 Å². The monoisotopic (exact) mass is 360 g/mol. The van der Waals surface area contributed by atoms with Crippen LogP contribution in [0.25, 0.3) is 0 Å². The summed E-state index contributed by atoms with van der Waals surface area (Å²) in [6, 6.07) is 0. The van der Waals surface area contributed by atoms with E-state index in [2.05, 4.69) is 4.74 Å². The number of hydrogen-bond acceptors (Lipinski definition) is 6. The molecular weight excluding hydrogens is 333 g/mol. The molecular formula is C15H27F2LiN2O5. The van der Waals surface area contributed by atoms with Crippen LogP contribution in [0, 0.1) is 0 Å². The molecule has 0 atom stereocenters. The Balaban J connectivity index is 0. The largest absolute Gasteiger partial charge is 1.00 e. The van der Waals surface area contributed by atoms with E-state index in [-0.39, 0.29) is 36.9 Å². The van der Waals surface area contributed by atoms with Crippen LogP contribution < -0.4 is 18.9 Å². The molecule has 0 saturated carbocycles. The first-order valence-electron chi connectivity index (χ1n) is 7.92. The third-order valence-corrected chi connectivity index (χ3v) is 3.97. The molecule has 0 bridgehead atoms. The molecule has 2 aliphatic heterocycles. The van der Waals surface area contributed by atoms with Crippen LogP contribution in [0.2, 0.25) is 0 Å². The molecule has 0 aromatic carbocycles. The predicted molar refractivity (Wildman–Crippen MR) is 82.7 cm³/mol. The van der Waals surface area contributed by atoms with Gasteiger partial charge in [0, 0.05) is 26.2 Å². The minimum Gasteiger partial charge on any atom is -0.870 e. The van der Waals surface area contributed by atoms with Gasteiger partial charge in [-0.15, -0.1) is 0 Å². The topological polar surface area (TPSA) is 100 Å². The number of methoxy groups -OCH3 is 1. The average Bonchev–Trinajstić information content (AvgIpc) is 2.52. The fraction of sp³-hybridized carbons (Fsp3) is 0.867. The Morgan fingerprint density at radius 3 is 1.64 bits per heavy atom. The van der Waals surface area contributed by atoms with E-state index in [1.165, 1.54) is 7.11 Å². The van der Waals surface area contributed by atoms with E-state index in [1.54, 1.807) is 4.90 Å².